The Bertz CT molecular complexity index is 731. The summed E-state index contributed by atoms with van der Waals surface area (Å²) in [5.41, 5.74) is 0. The van der Waals surface area contributed by atoms with E-state index in [-0.39, 0.29) is 0 Å². The van der Waals surface area contributed by atoms with Crippen LogP contribution in [0.25, 0.3) is 10.2 Å². The fourth-order valence-corrected chi connectivity index (χ4v) is 3.53. The van der Waals surface area contributed by atoms with Crippen LogP contribution in [0, 0.1) is 0 Å². The first kappa shape index (κ1) is 13.6. The van der Waals surface area contributed by atoms with Crippen molar-refractivity contribution in [2.45, 2.75) is 6.54 Å². The molecule has 1 saturated heterocycles. The van der Waals surface area contributed by atoms with Gasteiger partial charge in [0.2, 0.25) is 0 Å². The summed E-state index contributed by atoms with van der Waals surface area (Å²) in [6.07, 6.45) is 5.02. The van der Waals surface area contributed by atoms with Gasteiger partial charge in [0.15, 0.2) is 0 Å². The summed E-state index contributed by atoms with van der Waals surface area (Å²) in [4.78, 5) is 18.7. The summed E-state index contributed by atoms with van der Waals surface area (Å²) in [5.74, 6) is 1.07. The summed E-state index contributed by atoms with van der Waals surface area (Å²) >= 11 is 1.67. The van der Waals surface area contributed by atoms with E-state index in [0.29, 0.717) is 0 Å². The minimum Gasteiger partial charge on any atom is -0.353 e. The van der Waals surface area contributed by atoms with Gasteiger partial charge in [-0.2, -0.15) is 5.10 Å². The van der Waals surface area contributed by atoms with Crippen LogP contribution < -0.4 is 4.90 Å². The van der Waals surface area contributed by atoms with Crippen LogP contribution in [0.4, 0.5) is 5.82 Å². The Morgan fingerprint density at radius 2 is 1.95 bits per heavy atom. The van der Waals surface area contributed by atoms with Crippen molar-refractivity contribution in [3.63, 3.8) is 0 Å². The van der Waals surface area contributed by atoms with Gasteiger partial charge in [-0.15, -0.1) is 11.3 Å². The largest absolute Gasteiger partial charge is 0.353 e. The van der Waals surface area contributed by atoms with Crippen molar-refractivity contribution >= 4 is 27.4 Å². The lowest BCUT2D eigenvalue weighted by atomic mass is 10.2. The molecule has 0 atom stereocenters. The van der Waals surface area contributed by atoms with E-state index in [4.69, 9.17) is 0 Å². The fraction of sp³-hybridized carbons (Fsp3) is 0.429. The Labute approximate surface area is 132 Å². The molecule has 0 aliphatic carbocycles. The average molecular weight is 315 g/mol. The van der Waals surface area contributed by atoms with E-state index in [1.807, 2.05) is 4.68 Å². The number of aromatic nitrogens is 5. The maximum atomic E-state index is 4.50. The van der Waals surface area contributed by atoms with Crippen LogP contribution in [0.15, 0.2) is 30.4 Å². The zero-order valence-corrected chi connectivity index (χ0v) is 13.0. The van der Waals surface area contributed by atoms with Crippen LogP contribution in [0.3, 0.4) is 0 Å². The predicted octanol–water partition coefficient (Wildman–Crippen LogP) is 1.10. The molecule has 3 aromatic heterocycles. The molecule has 8 heteroatoms. The number of fused-ring (bicyclic) bond motifs is 1. The van der Waals surface area contributed by atoms with E-state index in [2.05, 4.69) is 41.3 Å². The van der Waals surface area contributed by atoms with Crippen molar-refractivity contribution < 1.29 is 0 Å². The molecule has 0 spiro atoms. The van der Waals surface area contributed by atoms with Crippen molar-refractivity contribution in [2.24, 2.45) is 0 Å². The van der Waals surface area contributed by atoms with Gasteiger partial charge in [-0.1, -0.05) is 0 Å². The molecule has 1 aliphatic heterocycles. The number of hydrogen-bond donors (Lipinski definition) is 0. The van der Waals surface area contributed by atoms with Gasteiger partial charge in [0.05, 0.1) is 11.9 Å². The van der Waals surface area contributed by atoms with Crippen LogP contribution in [-0.4, -0.2) is 62.4 Å². The highest BCUT2D eigenvalue weighted by atomic mass is 32.1. The van der Waals surface area contributed by atoms with E-state index >= 15 is 0 Å². The Balaban J connectivity index is 1.38. The summed E-state index contributed by atoms with van der Waals surface area (Å²) < 4.78 is 1.88. The van der Waals surface area contributed by atoms with Crippen LogP contribution in [-0.2, 0) is 6.54 Å². The lowest BCUT2D eigenvalue weighted by Gasteiger charge is -2.35. The van der Waals surface area contributed by atoms with Gasteiger partial charge < -0.3 is 4.90 Å². The SMILES string of the molecule is c1nc(N2CCN(CCn3cncn3)CC2)c2ccsc2n1. The monoisotopic (exact) mass is 315 g/mol. The molecule has 1 fully saturated rings. The molecule has 0 saturated carbocycles. The Morgan fingerprint density at radius 3 is 2.77 bits per heavy atom. The van der Waals surface area contributed by atoms with E-state index < -0.39 is 0 Å². The molecule has 0 amide bonds. The molecule has 3 aromatic rings. The Morgan fingerprint density at radius 1 is 1.05 bits per heavy atom. The smallest absolute Gasteiger partial charge is 0.140 e. The molecule has 0 radical (unpaired) electrons. The molecule has 0 N–H and O–H groups in total. The quantitative estimate of drug-likeness (QED) is 0.718. The summed E-state index contributed by atoms with van der Waals surface area (Å²) in [7, 11) is 0. The van der Waals surface area contributed by atoms with E-state index in [9.17, 15) is 0 Å². The molecule has 0 aromatic carbocycles. The first-order valence-electron chi connectivity index (χ1n) is 7.38. The molecule has 0 bridgehead atoms. The minimum atomic E-state index is 0.891. The number of hydrogen-bond acceptors (Lipinski definition) is 7. The second-order valence-electron chi connectivity index (χ2n) is 5.32. The van der Waals surface area contributed by atoms with Crippen LogP contribution in [0.1, 0.15) is 0 Å². The van der Waals surface area contributed by atoms with E-state index in [1.54, 1.807) is 30.3 Å². The maximum absolute atomic E-state index is 4.50. The minimum absolute atomic E-state index is 0.891. The molecular formula is C14H17N7S. The van der Waals surface area contributed by atoms with Gasteiger partial charge in [0, 0.05) is 32.7 Å². The van der Waals surface area contributed by atoms with Gasteiger partial charge in [-0.3, -0.25) is 9.58 Å². The molecule has 7 nitrogen and oxygen atoms in total. The van der Waals surface area contributed by atoms with Crippen molar-refractivity contribution in [3.8, 4) is 0 Å². The average Bonchev–Trinajstić information content (AvgIpc) is 3.24. The number of piperazine rings is 1. The zero-order chi connectivity index (χ0) is 14.8. The summed E-state index contributed by atoms with van der Waals surface area (Å²) in [5, 5.41) is 7.39. The number of anilines is 1. The Hall–Kier alpha value is -2.06. The zero-order valence-electron chi connectivity index (χ0n) is 12.2. The number of rotatable bonds is 4. The Kier molecular flexibility index (Phi) is 3.69. The molecule has 1 aliphatic rings. The van der Waals surface area contributed by atoms with E-state index in [0.717, 1.165) is 49.9 Å². The van der Waals surface area contributed by atoms with E-state index in [1.165, 1.54) is 5.39 Å². The highest BCUT2D eigenvalue weighted by Crippen LogP contribution is 2.27. The molecule has 114 valence electrons. The van der Waals surface area contributed by atoms with Crippen LogP contribution in [0.5, 0.6) is 0 Å². The second-order valence-corrected chi connectivity index (χ2v) is 6.22. The molecular weight excluding hydrogens is 298 g/mol. The van der Waals surface area contributed by atoms with Crippen LogP contribution in [0.2, 0.25) is 0 Å². The standard InChI is InChI=1S/C14H17N7S/c1-8-22-14-12(1)13(16-10-17-14)20-5-2-19(3-6-20)4-7-21-11-15-9-18-21/h1,8-11H,2-7H2. The predicted molar refractivity (Wildman–Crippen MR) is 86.1 cm³/mol. The van der Waals surface area contributed by atoms with Gasteiger partial charge in [0.1, 0.15) is 29.6 Å². The van der Waals surface area contributed by atoms with Crippen molar-refractivity contribution in [1.29, 1.82) is 0 Å². The highest BCUT2D eigenvalue weighted by Gasteiger charge is 2.20. The molecule has 22 heavy (non-hydrogen) atoms. The van der Waals surface area contributed by atoms with Crippen LogP contribution >= 0.6 is 11.3 Å². The van der Waals surface area contributed by atoms with Crippen molar-refractivity contribution in [1.82, 2.24) is 29.6 Å². The van der Waals surface area contributed by atoms with Gasteiger partial charge in [-0.05, 0) is 11.4 Å². The number of nitrogens with zero attached hydrogens (tertiary/aromatic N) is 7. The summed E-state index contributed by atoms with van der Waals surface area (Å²) in [6.45, 7) is 5.99. The fourth-order valence-electron chi connectivity index (χ4n) is 2.80. The third kappa shape index (κ3) is 2.67. The molecule has 0 unspecified atom stereocenters. The van der Waals surface area contributed by atoms with Crippen molar-refractivity contribution in [3.05, 3.63) is 30.4 Å². The normalized spacial score (nSPS) is 16.5. The van der Waals surface area contributed by atoms with Gasteiger partial charge >= 0.3 is 0 Å². The second kappa shape index (κ2) is 5.98. The topological polar surface area (TPSA) is 63.0 Å². The lowest BCUT2D eigenvalue weighted by molar-refractivity contribution is 0.244. The number of thiophene rings is 1. The maximum Gasteiger partial charge on any atom is 0.140 e. The first-order valence-corrected chi connectivity index (χ1v) is 8.26. The highest BCUT2D eigenvalue weighted by molar-refractivity contribution is 7.16. The lowest BCUT2D eigenvalue weighted by Crippen LogP contribution is -2.47. The van der Waals surface area contributed by atoms with Gasteiger partial charge in [-0.25, -0.2) is 15.0 Å². The third-order valence-corrected chi connectivity index (χ3v) is 4.85. The van der Waals surface area contributed by atoms with Crippen molar-refractivity contribution in [2.75, 3.05) is 37.6 Å². The molecule has 4 heterocycles. The van der Waals surface area contributed by atoms with Gasteiger partial charge in [0.25, 0.3) is 0 Å². The first-order chi connectivity index (χ1) is 10.9. The summed E-state index contributed by atoms with van der Waals surface area (Å²) in [6, 6.07) is 2.12. The third-order valence-electron chi connectivity index (χ3n) is 4.02. The molecule has 4 rings (SSSR count).